The van der Waals surface area contributed by atoms with E-state index in [0.29, 0.717) is 0 Å². The zero-order chi connectivity index (χ0) is 9.78. The fourth-order valence-electron chi connectivity index (χ4n) is 0.494. The Kier molecular flexibility index (Phi) is 6.71. The molecule has 0 radical (unpaired) electrons. The van der Waals surface area contributed by atoms with Crippen molar-refractivity contribution in [1.82, 2.24) is 0 Å². The molecular formula is C5H6F3LiO4. The Bertz CT molecular complexity index is 187. The van der Waals surface area contributed by atoms with Gasteiger partial charge in [-0.25, -0.2) is 14.0 Å². The molecule has 0 unspecified atom stereocenters. The van der Waals surface area contributed by atoms with Crippen molar-refractivity contribution in [3.05, 3.63) is 0 Å². The number of rotatable bonds is 3. The summed E-state index contributed by atoms with van der Waals surface area (Å²) in [5.41, 5.74) is -3.41. The predicted molar refractivity (Wildman–Crippen MR) is 29.6 cm³/mol. The summed E-state index contributed by atoms with van der Waals surface area (Å²) in [5, 5.41) is 0. The summed E-state index contributed by atoms with van der Waals surface area (Å²) in [6.07, 6.45) is -0.779. The minimum Gasteiger partial charge on any atom is -1.00 e. The number of alkyl halides is 1. The maximum Gasteiger partial charge on any atom is 1.00 e. The third-order valence-corrected chi connectivity index (χ3v) is 1.27. The molecule has 0 N–H and O–H groups in total. The summed E-state index contributed by atoms with van der Waals surface area (Å²) in [6, 6.07) is 0. The van der Waals surface area contributed by atoms with Crippen LogP contribution in [0.25, 0.3) is 0 Å². The molecule has 0 spiro atoms. The van der Waals surface area contributed by atoms with Crippen LogP contribution in [0.15, 0.2) is 0 Å². The first kappa shape index (κ1) is 14.8. The Balaban J connectivity index is -0.000000605. The molecule has 4 nitrogen and oxygen atoms in total. The second kappa shape index (κ2) is 5.89. The SMILES string of the molecule is CCC(F)(C(=O)OF)C(=O)OF.[H-].[Li+]. The van der Waals surface area contributed by atoms with Gasteiger partial charge in [0.1, 0.15) is 0 Å². The van der Waals surface area contributed by atoms with E-state index in [1.54, 1.807) is 0 Å². The van der Waals surface area contributed by atoms with Gasteiger partial charge >= 0.3 is 36.5 Å². The molecule has 0 fully saturated rings. The van der Waals surface area contributed by atoms with Crippen molar-refractivity contribution >= 4 is 11.9 Å². The van der Waals surface area contributed by atoms with Gasteiger partial charge in [0.15, 0.2) is 0 Å². The average Bonchev–Trinajstić information content (AvgIpc) is 2.13. The summed E-state index contributed by atoms with van der Waals surface area (Å²) >= 11 is 0. The smallest absolute Gasteiger partial charge is 1.00 e. The van der Waals surface area contributed by atoms with Crippen LogP contribution in [0.2, 0.25) is 0 Å². The van der Waals surface area contributed by atoms with Gasteiger partial charge in [-0.15, -0.1) is 0 Å². The van der Waals surface area contributed by atoms with Crippen LogP contribution < -0.4 is 18.9 Å². The molecule has 0 saturated heterocycles. The first-order valence-corrected chi connectivity index (χ1v) is 2.87. The molecule has 0 bridgehead atoms. The number of hydrogen-bond acceptors (Lipinski definition) is 4. The minimum absolute atomic E-state index is 0. The van der Waals surface area contributed by atoms with E-state index in [1.807, 2.05) is 0 Å². The van der Waals surface area contributed by atoms with E-state index in [-0.39, 0.29) is 20.3 Å². The Labute approximate surface area is 84.8 Å². The third-order valence-electron chi connectivity index (χ3n) is 1.27. The minimum atomic E-state index is -3.41. The molecule has 13 heavy (non-hydrogen) atoms. The summed E-state index contributed by atoms with van der Waals surface area (Å²) in [6.45, 7) is 1.02. The normalized spacial score (nSPS) is 9.85. The van der Waals surface area contributed by atoms with Crippen molar-refractivity contribution in [2.45, 2.75) is 19.0 Å². The topological polar surface area (TPSA) is 52.6 Å². The van der Waals surface area contributed by atoms with E-state index in [4.69, 9.17) is 0 Å². The van der Waals surface area contributed by atoms with Crippen LogP contribution in [0.4, 0.5) is 13.4 Å². The van der Waals surface area contributed by atoms with Crippen molar-refractivity contribution in [3.63, 3.8) is 0 Å². The maximum absolute atomic E-state index is 12.9. The zero-order valence-corrected chi connectivity index (χ0v) is 6.97. The molecule has 0 aromatic carbocycles. The van der Waals surface area contributed by atoms with Crippen LogP contribution >= 0.6 is 0 Å². The molecule has 0 aliphatic carbocycles. The average molecular weight is 194 g/mol. The van der Waals surface area contributed by atoms with Gasteiger partial charge in [0.2, 0.25) is 0 Å². The fourth-order valence-corrected chi connectivity index (χ4v) is 0.494. The van der Waals surface area contributed by atoms with Crippen molar-refractivity contribution in [3.8, 4) is 0 Å². The van der Waals surface area contributed by atoms with E-state index in [0.717, 1.165) is 6.92 Å². The summed E-state index contributed by atoms with van der Waals surface area (Å²) in [4.78, 5) is 25.3. The summed E-state index contributed by atoms with van der Waals surface area (Å²) in [5.74, 6) is -4.26. The Hall–Kier alpha value is -0.673. The quantitative estimate of drug-likeness (QED) is 0.388. The molecule has 0 aromatic rings. The number of carbonyl (C=O) groups is 2. The monoisotopic (exact) mass is 194 g/mol. The molecule has 0 amide bonds. The number of hydrogen-bond donors (Lipinski definition) is 0. The van der Waals surface area contributed by atoms with Gasteiger partial charge in [-0.2, -0.15) is 0 Å². The van der Waals surface area contributed by atoms with Crippen LogP contribution in [0.5, 0.6) is 0 Å². The van der Waals surface area contributed by atoms with Crippen LogP contribution in [0.1, 0.15) is 14.8 Å². The summed E-state index contributed by atoms with van der Waals surface area (Å²) < 4.78 is 35.2. The number of halogens is 3. The first-order valence-electron chi connectivity index (χ1n) is 2.87. The van der Waals surface area contributed by atoms with Gasteiger partial charge in [0.05, 0.1) is 0 Å². The standard InChI is InChI=1S/C5H5F3O4.Li.H/c1-2-5(6,3(9)11-7)4(10)12-8;;/h2H2,1H3;;/q;+1;-1. The second-order valence-corrected chi connectivity index (χ2v) is 1.88. The second-order valence-electron chi connectivity index (χ2n) is 1.88. The van der Waals surface area contributed by atoms with Crippen molar-refractivity contribution in [1.29, 1.82) is 0 Å². The maximum atomic E-state index is 12.9. The van der Waals surface area contributed by atoms with Crippen LogP contribution in [-0.2, 0) is 19.5 Å². The zero-order valence-electron chi connectivity index (χ0n) is 7.97. The van der Waals surface area contributed by atoms with E-state index < -0.39 is 24.0 Å². The summed E-state index contributed by atoms with van der Waals surface area (Å²) in [7, 11) is 0. The van der Waals surface area contributed by atoms with Crippen molar-refractivity contribution in [2.75, 3.05) is 0 Å². The third kappa shape index (κ3) is 2.93. The van der Waals surface area contributed by atoms with Gasteiger partial charge < -0.3 is 1.43 Å². The fraction of sp³-hybridized carbons (Fsp3) is 0.600. The Morgan fingerprint density at radius 3 is 1.77 bits per heavy atom. The Morgan fingerprint density at radius 2 is 1.62 bits per heavy atom. The first-order chi connectivity index (χ1) is 5.52. The molecule has 0 aliphatic heterocycles. The van der Waals surface area contributed by atoms with Crippen molar-refractivity contribution in [2.24, 2.45) is 0 Å². The van der Waals surface area contributed by atoms with E-state index in [1.165, 1.54) is 0 Å². The molecule has 0 saturated carbocycles. The van der Waals surface area contributed by atoms with Gasteiger partial charge in [-0.05, 0) is 0 Å². The molecule has 8 heteroatoms. The van der Waals surface area contributed by atoms with Gasteiger partial charge in [0.25, 0.3) is 0 Å². The molecule has 0 atom stereocenters. The van der Waals surface area contributed by atoms with Crippen molar-refractivity contribution < 1.29 is 53.2 Å². The predicted octanol–water partition coefficient (Wildman–Crippen LogP) is -1.92. The Morgan fingerprint density at radius 1 is 1.31 bits per heavy atom. The molecule has 0 rings (SSSR count). The number of carbonyl (C=O) groups excluding carboxylic acids is 2. The van der Waals surface area contributed by atoms with Gasteiger partial charge in [0, 0.05) is 15.5 Å². The van der Waals surface area contributed by atoms with Crippen LogP contribution in [0.3, 0.4) is 0 Å². The molecule has 72 valence electrons. The molecule has 0 aromatic heterocycles. The van der Waals surface area contributed by atoms with E-state index >= 15 is 0 Å². The van der Waals surface area contributed by atoms with Crippen LogP contribution in [-0.4, -0.2) is 17.6 Å². The largest absolute Gasteiger partial charge is 1.00 e. The van der Waals surface area contributed by atoms with Gasteiger partial charge in [-0.1, -0.05) is 6.92 Å². The molecular weight excluding hydrogens is 188 g/mol. The van der Waals surface area contributed by atoms with Gasteiger partial charge in [-0.3, -0.25) is 9.88 Å². The molecule has 0 aliphatic rings. The van der Waals surface area contributed by atoms with Crippen LogP contribution in [0, 0.1) is 0 Å². The van der Waals surface area contributed by atoms with E-state index in [2.05, 4.69) is 9.88 Å². The molecule has 0 heterocycles. The van der Waals surface area contributed by atoms with E-state index in [9.17, 15) is 23.0 Å².